The second-order valence-corrected chi connectivity index (χ2v) is 4.78. The zero-order valence-electron chi connectivity index (χ0n) is 8.28. The van der Waals surface area contributed by atoms with Crippen LogP contribution in [0.3, 0.4) is 0 Å². The zero-order chi connectivity index (χ0) is 12.6. The van der Waals surface area contributed by atoms with Crippen LogP contribution in [0.4, 0.5) is 5.95 Å². The van der Waals surface area contributed by atoms with Crippen LogP contribution in [0, 0.1) is 0 Å². The van der Waals surface area contributed by atoms with Crippen molar-refractivity contribution in [3.05, 3.63) is 32.8 Å². The molecule has 88 valence electrons. The van der Waals surface area contributed by atoms with Gasteiger partial charge in [0, 0.05) is 10.6 Å². The molecule has 0 saturated heterocycles. The van der Waals surface area contributed by atoms with E-state index in [1.54, 1.807) is 12.1 Å². The summed E-state index contributed by atoms with van der Waals surface area (Å²) in [5, 5.41) is 10.4. The van der Waals surface area contributed by atoms with Gasteiger partial charge >= 0.3 is 0 Å². The van der Waals surface area contributed by atoms with Crippen LogP contribution in [0.15, 0.2) is 22.7 Å². The molecule has 0 spiro atoms. The van der Waals surface area contributed by atoms with E-state index >= 15 is 0 Å². The van der Waals surface area contributed by atoms with Gasteiger partial charge in [-0.25, -0.2) is 9.97 Å². The third-order valence-corrected chi connectivity index (χ3v) is 3.53. The lowest BCUT2D eigenvalue weighted by Gasteiger charge is -2.08. The molecule has 0 fully saturated rings. The Balaban J connectivity index is 2.72. The number of aromatic hydroxyl groups is 1. The van der Waals surface area contributed by atoms with Crippen molar-refractivity contribution >= 4 is 45.1 Å². The molecule has 2 rings (SSSR count). The topological polar surface area (TPSA) is 72.0 Å². The normalized spacial score (nSPS) is 10.5. The summed E-state index contributed by atoms with van der Waals surface area (Å²) < 4.78 is 0.450. The van der Waals surface area contributed by atoms with E-state index in [1.807, 2.05) is 0 Å². The quantitative estimate of drug-likeness (QED) is 0.783. The van der Waals surface area contributed by atoms with Crippen LogP contribution >= 0.6 is 39.1 Å². The molecule has 17 heavy (non-hydrogen) atoms. The van der Waals surface area contributed by atoms with E-state index in [4.69, 9.17) is 28.9 Å². The number of phenols is 1. The summed E-state index contributed by atoms with van der Waals surface area (Å²) in [4.78, 5) is 7.80. The lowest BCUT2D eigenvalue weighted by atomic mass is 10.1. The SMILES string of the molecule is Nc1nc(Cl)c(Br)c(-c2cc(Cl)ccc2O)n1. The number of phenolic OH excluding ortho intramolecular Hbond substituents is 1. The summed E-state index contributed by atoms with van der Waals surface area (Å²) in [6.07, 6.45) is 0. The number of benzene rings is 1. The maximum atomic E-state index is 9.77. The van der Waals surface area contributed by atoms with Crippen molar-refractivity contribution in [3.63, 3.8) is 0 Å². The molecule has 0 aliphatic rings. The summed E-state index contributed by atoms with van der Waals surface area (Å²) in [5.41, 5.74) is 6.33. The van der Waals surface area contributed by atoms with Gasteiger partial charge in [-0.15, -0.1) is 0 Å². The Hall–Kier alpha value is -1.04. The van der Waals surface area contributed by atoms with Crippen molar-refractivity contribution in [2.75, 3.05) is 5.73 Å². The Morgan fingerprint density at radius 3 is 2.65 bits per heavy atom. The van der Waals surface area contributed by atoms with Gasteiger partial charge in [0.1, 0.15) is 10.9 Å². The van der Waals surface area contributed by atoms with Crippen LogP contribution in [0.5, 0.6) is 5.75 Å². The number of hydrogen-bond donors (Lipinski definition) is 2. The Morgan fingerprint density at radius 2 is 1.94 bits per heavy atom. The predicted octanol–water partition coefficient (Wildman–Crippen LogP) is 3.50. The molecule has 0 radical (unpaired) electrons. The molecule has 7 heteroatoms. The minimum atomic E-state index is 0.0209. The highest BCUT2D eigenvalue weighted by molar-refractivity contribution is 9.10. The molecule has 0 unspecified atom stereocenters. The molecule has 1 heterocycles. The highest BCUT2D eigenvalue weighted by atomic mass is 79.9. The Bertz CT molecular complexity index is 592. The molecule has 0 aliphatic heterocycles. The van der Waals surface area contributed by atoms with E-state index in [9.17, 15) is 5.11 Å². The van der Waals surface area contributed by atoms with Crippen molar-refractivity contribution in [1.82, 2.24) is 9.97 Å². The van der Waals surface area contributed by atoms with Gasteiger partial charge in [0.15, 0.2) is 0 Å². The number of halogens is 3. The Labute approximate surface area is 116 Å². The smallest absolute Gasteiger partial charge is 0.222 e. The summed E-state index contributed by atoms with van der Waals surface area (Å²) in [6, 6.07) is 4.61. The van der Waals surface area contributed by atoms with Gasteiger partial charge in [-0.3, -0.25) is 0 Å². The lowest BCUT2D eigenvalue weighted by molar-refractivity contribution is 0.477. The molecule has 0 bridgehead atoms. The first-order valence-corrected chi connectivity index (χ1v) is 6.01. The third kappa shape index (κ3) is 2.46. The highest BCUT2D eigenvalue weighted by Gasteiger charge is 2.15. The van der Waals surface area contributed by atoms with E-state index in [0.29, 0.717) is 20.8 Å². The van der Waals surface area contributed by atoms with Gasteiger partial charge in [-0.05, 0) is 34.1 Å². The van der Waals surface area contributed by atoms with Crippen molar-refractivity contribution in [1.29, 1.82) is 0 Å². The van der Waals surface area contributed by atoms with Crippen LogP contribution in [0.2, 0.25) is 10.2 Å². The monoisotopic (exact) mass is 333 g/mol. The average Bonchev–Trinajstić information content (AvgIpc) is 2.27. The van der Waals surface area contributed by atoms with Crippen LogP contribution in [-0.2, 0) is 0 Å². The molecule has 1 aromatic carbocycles. The minimum absolute atomic E-state index is 0.0209. The predicted molar refractivity (Wildman–Crippen MR) is 71.3 cm³/mol. The number of aromatic nitrogens is 2. The maximum absolute atomic E-state index is 9.77. The van der Waals surface area contributed by atoms with Crippen LogP contribution in [-0.4, -0.2) is 15.1 Å². The van der Waals surface area contributed by atoms with Gasteiger partial charge in [0.05, 0.1) is 10.2 Å². The van der Waals surface area contributed by atoms with Gasteiger partial charge in [-0.2, -0.15) is 0 Å². The number of anilines is 1. The van der Waals surface area contributed by atoms with E-state index in [-0.39, 0.29) is 16.9 Å². The Morgan fingerprint density at radius 1 is 1.24 bits per heavy atom. The fourth-order valence-electron chi connectivity index (χ4n) is 1.31. The standard InChI is InChI=1S/C10H6BrCl2N3O/c11-7-8(15-10(14)16-9(7)13)5-3-4(12)1-2-6(5)17/h1-3,17H,(H2,14,15,16). The number of rotatable bonds is 1. The summed E-state index contributed by atoms with van der Waals surface area (Å²) >= 11 is 15.0. The second-order valence-electron chi connectivity index (χ2n) is 3.20. The zero-order valence-corrected chi connectivity index (χ0v) is 11.4. The third-order valence-electron chi connectivity index (χ3n) is 2.04. The average molecular weight is 335 g/mol. The van der Waals surface area contributed by atoms with Crippen molar-refractivity contribution in [2.24, 2.45) is 0 Å². The maximum Gasteiger partial charge on any atom is 0.222 e. The van der Waals surface area contributed by atoms with E-state index in [2.05, 4.69) is 25.9 Å². The molecule has 3 N–H and O–H groups in total. The number of nitrogen functional groups attached to an aromatic ring is 1. The first kappa shape index (κ1) is 12.4. The van der Waals surface area contributed by atoms with E-state index in [1.165, 1.54) is 6.07 Å². The molecule has 0 amide bonds. The van der Waals surface area contributed by atoms with E-state index in [0.717, 1.165) is 0 Å². The molecule has 4 nitrogen and oxygen atoms in total. The van der Waals surface area contributed by atoms with Crippen molar-refractivity contribution in [3.8, 4) is 17.0 Å². The van der Waals surface area contributed by atoms with Crippen LogP contribution in [0.25, 0.3) is 11.3 Å². The van der Waals surface area contributed by atoms with Gasteiger partial charge < -0.3 is 10.8 Å². The first-order valence-electron chi connectivity index (χ1n) is 4.46. The molecule has 0 saturated carbocycles. The summed E-state index contributed by atoms with van der Waals surface area (Å²) in [6.45, 7) is 0. The molecular formula is C10H6BrCl2N3O. The van der Waals surface area contributed by atoms with Crippen LogP contribution in [0.1, 0.15) is 0 Å². The fraction of sp³-hybridized carbons (Fsp3) is 0. The van der Waals surface area contributed by atoms with Gasteiger partial charge in [-0.1, -0.05) is 23.2 Å². The first-order chi connectivity index (χ1) is 7.99. The molecule has 1 aromatic heterocycles. The van der Waals surface area contributed by atoms with Gasteiger partial charge in [0.2, 0.25) is 5.95 Å². The minimum Gasteiger partial charge on any atom is -0.507 e. The highest BCUT2D eigenvalue weighted by Crippen LogP contribution is 2.37. The Kier molecular flexibility index (Phi) is 3.42. The molecular weight excluding hydrogens is 329 g/mol. The van der Waals surface area contributed by atoms with Crippen molar-refractivity contribution in [2.45, 2.75) is 0 Å². The number of nitrogens with two attached hydrogens (primary N) is 1. The summed E-state index contributed by atoms with van der Waals surface area (Å²) in [7, 11) is 0. The number of nitrogens with zero attached hydrogens (tertiary/aromatic N) is 2. The fourth-order valence-corrected chi connectivity index (χ4v) is 2.05. The van der Waals surface area contributed by atoms with Crippen LogP contribution < -0.4 is 5.73 Å². The molecule has 0 atom stereocenters. The summed E-state index contributed by atoms with van der Waals surface area (Å²) in [5.74, 6) is 0.0526. The van der Waals surface area contributed by atoms with Gasteiger partial charge in [0.25, 0.3) is 0 Å². The molecule has 0 aliphatic carbocycles. The van der Waals surface area contributed by atoms with E-state index < -0.39 is 0 Å². The largest absolute Gasteiger partial charge is 0.507 e. The molecule has 2 aromatic rings. The van der Waals surface area contributed by atoms with Crippen molar-refractivity contribution < 1.29 is 5.11 Å². The second kappa shape index (κ2) is 4.68. The number of hydrogen-bond acceptors (Lipinski definition) is 4. The lowest BCUT2D eigenvalue weighted by Crippen LogP contribution is -1.98.